The third-order valence-corrected chi connectivity index (χ3v) is 5.39. The Morgan fingerprint density at radius 1 is 1.25 bits per heavy atom. The highest BCUT2D eigenvalue weighted by atomic mass is 19.1. The molecule has 0 bridgehead atoms. The lowest BCUT2D eigenvalue weighted by molar-refractivity contribution is 0.00752. The van der Waals surface area contributed by atoms with Crippen molar-refractivity contribution in [3.8, 4) is 11.5 Å². The molecule has 1 atom stereocenters. The Morgan fingerprint density at radius 2 is 2.06 bits per heavy atom. The molecular weight excluding hydrogens is 409 g/mol. The van der Waals surface area contributed by atoms with Crippen LogP contribution >= 0.6 is 0 Å². The molecule has 0 aliphatic carbocycles. The molecule has 0 saturated carbocycles. The van der Waals surface area contributed by atoms with E-state index in [9.17, 15) is 4.39 Å². The molecule has 1 fully saturated rings. The Balaban J connectivity index is 1.60. The van der Waals surface area contributed by atoms with E-state index in [1.165, 1.54) is 6.07 Å². The molecule has 1 aliphatic rings. The number of pyridine rings is 1. The molecule has 1 saturated heterocycles. The van der Waals surface area contributed by atoms with Crippen molar-refractivity contribution in [1.82, 2.24) is 20.5 Å². The van der Waals surface area contributed by atoms with Gasteiger partial charge in [-0.3, -0.25) is 9.88 Å². The summed E-state index contributed by atoms with van der Waals surface area (Å²) >= 11 is 0. The summed E-state index contributed by atoms with van der Waals surface area (Å²) in [6.45, 7) is 11.9. The van der Waals surface area contributed by atoms with Crippen LogP contribution in [0.15, 0.2) is 47.7 Å². The Labute approximate surface area is 190 Å². The molecule has 2 heterocycles. The van der Waals surface area contributed by atoms with E-state index >= 15 is 0 Å². The first-order valence-electron chi connectivity index (χ1n) is 11.3. The van der Waals surface area contributed by atoms with Gasteiger partial charge in [-0.05, 0) is 42.7 Å². The Morgan fingerprint density at radius 3 is 2.72 bits per heavy atom. The second kappa shape index (κ2) is 12.4. The largest absolute Gasteiger partial charge is 0.453 e. The summed E-state index contributed by atoms with van der Waals surface area (Å²) in [5.41, 5.74) is 0.770. The van der Waals surface area contributed by atoms with Gasteiger partial charge in [0.05, 0.1) is 26.0 Å². The van der Waals surface area contributed by atoms with E-state index in [4.69, 9.17) is 9.47 Å². The van der Waals surface area contributed by atoms with Gasteiger partial charge in [-0.25, -0.2) is 9.38 Å². The van der Waals surface area contributed by atoms with Gasteiger partial charge in [0.25, 0.3) is 0 Å². The molecule has 8 heteroatoms. The van der Waals surface area contributed by atoms with E-state index in [2.05, 4.69) is 39.4 Å². The van der Waals surface area contributed by atoms with Crippen LogP contribution < -0.4 is 15.4 Å². The minimum Gasteiger partial charge on any atom is -0.453 e. The van der Waals surface area contributed by atoms with Crippen molar-refractivity contribution in [3.63, 3.8) is 0 Å². The fraction of sp³-hybridized carbons (Fsp3) is 0.500. The zero-order valence-electron chi connectivity index (χ0n) is 19.2. The maximum atomic E-state index is 14.5. The first-order valence-corrected chi connectivity index (χ1v) is 11.3. The van der Waals surface area contributed by atoms with E-state index in [0.29, 0.717) is 24.3 Å². The SMILES string of the molecule is CCNC(=NCc1ccc(Oc2cccnc2)c(F)c1)NCC(C(C)C)N1CCOCC1. The van der Waals surface area contributed by atoms with Crippen LogP contribution in [0.2, 0.25) is 0 Å². The molecule has 32 heavy (non-hydrogen) atoms. The lowest BCUT2D eigenvalue weighted by Gasteiger charge is -2.37. The van der Waals surface area contributed by atoms with Crippen LogP contribution in [0.1, 0.15) is 26.3 Å². The number of halogens is 1. The lowest BCUT2D eigenvalue weighted by atomic mass is 10.0. The van der Waals surface area contributed by atoms with E-state index in [1.54, 1.807) is 30.6 Å². The van der Waals surface area contributed by atoms with E-state index in [1.807, 2.05) is 13.0 Å². The zero-order valence-corrected chi connectivity index (χ0v) is 19.2. The average Bonchev–Trinajstić information content (AvgIpc) is 2.80. The van der Waals surface area contributed by atoms with Crippen molar-refractivity contribution < 1.29 is 13.9 Å². The van der Waals surface area contributed by atoms with E-state index < -0.39 is 5.82 Å². The van der Waals surface area contributed by atoms with Gasteiger partial charge in [-0.15, -0.1) is 0 Å². The standard InChI is InChI=1S/C24H34FN5O2/c1-4-27-24(29-17-22(18(2)3)30-10-12-31-13-11-30)28-15-19-7-8-23(21(25)14-19)32-20-6-5-9-26-16-20/h5-9,14,16,18,22H,4,10-13,15,17H2,1-3H3,(H2,27,28,29). The summed E-state index contributed by atoms with van der Waals surface area (Å²) in [5, 5.41) is 6.74. The molecule has 7 nitrogen and oxygen atoms in total. The summed E-state index contributed by atoms with van der Waals surface area (Å²) < 4.78 is 25.6. The molecule has 1 aliphatic heterocycles. The second-order valence-electron chi connectivity index (χ2n) is 8.09. The molecular formula is C24H34FN5O2. The summed E-state index contributed by atoms with van der Waals surface area (Å²) in [6, 6.07) is 8.79. The third kappa shape index (κ3) is 7.17. The van der Waals surface area contributed by atoms with Crippen LogP contribution in [0.3, 0.4) is 0 Å². The van der Waals surface area contributed by atoms with Crippen LogP contribution in [0, 0.1) is 11.7 Å². The number of rotatable bonds is 9. The highest BCUT2D eigenvalue weighted by molar-refractivity contribution is 5.79. The Kier molecular flexibility index (Phi) is 9.25. The third-order valence-electron chi connectivity index (χ3n) is 5.39. The van der Waals surface area contributed by atoms with Crippen LogP contribution in [-0.2, 0) is 11.3 Å². The van der Waals surface area contributed by atoms with Crippen molar-refractivity contribution >= 4 is 5.96 Å². The van der Waals surface area contributed by atoms with Crippen molar-refractivity contribution in [2.45, 2.75) is 33.4 Å². The normalized spacial score (nSPS) is 16.1. The summed E-state index contributed by atoms with van der Waals surface area (Å²) in [6.07, 6.45) is 3.19. The Hall–Kier alpha value is -2.71. The van der Waals surface area contributed by atoms with Gasteiger partial charge in [-0.1, -0.05) is 19.9 Å². The van der Waals surface area contributed by atoms with E-state index in [-0.39, 0.29) is 5.75 Å². The number of guanidine groups is 1. The number of aliphatic imine (C=N–C) groups is 1. The molecule has 174 valence electrons. The Bertz CT molecular complexity index is 857. The predicted molar refractivity (Wildman–Crippen MR) is 125 cm³/mol. The van der Waals surface area contributed by atoms with Gasteiger partial charge >= 0.3 is 0 Å². The maximum Gasteiger partial charge on any atom is 0.191 e. The van der Waals surface area contributed by atoms with Gasteiger partial charge in [-0.2, -0.15) is 0 Å². The van der Waals surface area contributed by atoms with Crippen molar-refractivity contribution in [1.29, 1.82) is 0 Å². The number of hydrogen-bond donors (Lipinski definition) is 2. The summed E-state index contributed by atoms with van der Waals surface area (Å²) in [7, 11) is 0. The van der Waals surface area contributed by atoms with Crippen molar-refractivity contribution in [3.05, 3.63) is 54.1 Å². The van der Waals surface area contributed by atoms with Gasteiger partial charge < -0.3 is 20.1 Å². The summed E-state index contributed by atoms with van der Waals surface area (Å²) in [4.78, 5) is 11.1. The van der Waals surface area contributed by atoms with Gasteiger partial charge in [0.2, 0.25) is 0 Å². The fourth-order valence-electron chi connectivity index (χ4n) is 3.67. The lowest BCUT2D eigenvalue weighted by Crippen LogP contribution is -2.52. The first kappa shape index (κ1) is 23.9. The second-order valence-corrected chi connectivity index (χ2v) is 8.09. The molecule has 1 aromatic heterocycles. The van der Waals surface area contributed by atoms with Gasteiger partial charge in [0.15, 0.2) is 17.5 Å². The number of benzene rings is 1. The number of aromatic nitrogens is 1. The number of nitrogens with zero attached hydrogens (tertiary/aromatic N) is 3. The number of hydrogen-bond acceptors (Lipinski definition) is 5. The molecule has 1 unspecified atom stereocenters. The molecule has 2 aromatic rings. The average molecular weight is 444 g/mol. The van der Waals surface area contributed by atoms with Gasteiger partial charge in [0, 0.05) is 38.4 Å². The molecule has 3 rings (SSSR count). The summed E-state index contributed by atoms with van der Waals surface area (Å²) in [5.74, 6) is 1.47. The monoisotopic (exact) mass is 443 g/mol. The number of ether oxygens (including phenoxy) is 2. The van der Waals surface area contributed by atoms with Gasteiger partial charge in [0.1, 0.15) is 5.75 Å². The van der Waals surface area contributed by atoms with E-state index in [0.717, 1.165) is 50.9 Å². The topological polar surface area (TPSA) is 71.0 Å². The molecule has 0 spiro atoms. The predicted octanol–water partition coefficient (Wildman–Crippen LogP) is 3.42. The molecule has 0 radical (unpaired) electrons. The highest BCUT2D eigenvalue weighted by Gasteiger charge is 2.23. The van der Waals surface area contributed by atoms with Crippen LogP contribution in [0.4, 0.5) is 4.39 Å². The highest BCUT2D eigenvalue weighted by Crippen LogP contribution is 2.24. The fourth-order valence-corrected chi connectivity index (χ4v) is 3.67. The molecule has 0 amide bonds. The maximum absolute atomic E-state index is 14.5. The first-order chi connectivity index (χ1) is 15.6. The van der Waals surface area contributed by atoms with Crippen LogP contribution in [0.5, 0.6) is 11.5 Å². The minimum absolute atomic E-state index is 0.168. The number of nitrogens with one attached hydrogen (secondary N) is 2. The van der Waals surface area contributed by atoms with Crippen molar-refractivity contribution in [2.24, 2.45) is 10.9 Å². The van der Waals surface area contributed by atoms with Crippen LogP contribution in [-0.4, -0.2) is 61.3 Å². The zero-order chi connectivity index (χ0) is 22.8. The molecule has 2 N–H and O–H groups in total. The minimum atomic E-state index is -0.424. The molecule has 1 aromatic carbocycles. The van der Waals surface area contributed by atoms with Crippen molar-refractivity contribution in [2.75, 3.05) is 39.4 Å². The smallest absolute Gasteiger partial charge is 0.191 e. The quantitative estimate of drug-likeness (QED) is 0.457. The number of morpholine rings is 1. The van der Waals surface area contributed by atoms with Crippen LogP contribution in [0.25, 0.3) is 0 Å².